The van der Waals surface area contributed by atoms with E-state index in [9.17, 15) is 0 Å². The van der Waals surface area contributed by atoms with Crippen LogP contribution in [0.15, 0.2) is 42.0 Å². The summed E-state index contributed by atoms with van der Waals surface area (Å²) in [6, 6.07) is 10.0. The SMILES string of the molecule is Nc1scnc1-c1ccc2ncccc2c1. The van der Waals surface area contributed by atoms with Crippen molar-refractivity contribution in [2.24, 2.45) is 0 Å². The Morgan fingerprint density at radius 3 is 2.88 bits per heavy atom. The molecule has 3 rings (SSSR count). The maximum atomic E-state index is 5.86. The smallest absolute Gasteiger partial charge is 0.114 e. The highest BCUT2D eigenvalue weighted by molar-refractivity contribution is 7.14. The lowest BCUT2D eigenvalue weighted by Crippen LogP contribution is -1.86. The highest BCUT2D eigenvalue weighted by atomic mass is 32.1. The maximum Gasteiger partial charge on any atom is 0.114 e. The van der Waals surface area contributed by atoms with Crippen molar-refractivity contribution in [3.8, 4) is 11.3 Å². The summed E-state index contributed by atoms with van der Waals surface area (Å²) in [6.45, 7) is 0. The molecule has 0 fully saturated rings. The zero-order valence-electron chi connectivity index (χ0n) is 8.42. The van der Waals surface area contributed by atoms with Crippen molar-refractivity contribution < 1.29 is 0 Å². The number of hydrogen-bond acceptors (Lipinski definition) is 4. The van der Waals surface area contributed by atoms with E-state index in [1.807, 2.05) is 24.3 Å². The molecule has 2 heterocycles. The fraction of sp³-hybridized carbons (Fsp3) is 0. The van der Waals surface area contributed by atoms with E-state index in [-0.39, 0.29) is 0 Å². The molecule has 4 heteroatoms. The fourth-order valence-corrected chi connectivity index (χ4v) is 2.25. The summed E-state index contributed by atoms with van der Waals surface area (Å²) in [5.74, 6) is 0. The van der Waals surface area contributed by atoms with Gasteiger partial charge in [-0.15, -0.1) is 11.3 Å². The van der Waals surface area contributed by atoms with Crippen LogP contribution in [0.5, 0.6) is 0 Å². The molecule has 2 N–H and O–H groups in total. The van der Waals surface area contributed by atoms with Crippen molar-refractivity contribution in [2.45, 2.75) is 0 Å². The normalized spacial score (nSPS) is 10.8. The Labute approximate surface area is 96.6 Å². The van der Waals surface area contributed by atoms with Crippen LogP contribution in [-0.2, 0) is 0 Å². The Balaban J connectivity index is 2.23. The largest absolute Gasteiger partial charge is 0.389 e. The molecular weight excluding hydrogens is 218 g/mol. The van der Waals surface area contributed by atoms with Crippen LogP contribution in [0.2, 0.25) is 0 Å². The van der Waals surface area contributed by atoms with Crippen LogP contribution in [0.1, 0.15) is 0 Å². The molecule has 0 saturated carbocycles. The molecular formula is C12H9N3S. The zero-order chi connectivity index (χ0) is 11.0. The Morgan fingerprint density at radius 2 is 2.06 bits per heavy atom. The lowest BCUT2D eigenvalue weighted by Gasteiger charge is -2.01. The molecule has 16 heavy (non-hydrogen) atoms. The molecule has 0 amide bonds. The van der Waals surface area contributed by atoms with Crippen molar-refractivity contribution in [1.82, 2.24) is 9.97 Å². The minimum atomic E-state index is 0.753. The summed E-state index contributed by atoms with van der Waals surface area (Å²) in [7, 11) is 0. The van der Waals surface area contributed by atoms with Crippen LogP contribution >= 0.6 is 11.3 Å². The number of aromatic nitrogens is 2. The van der Waals surface area contributed by atoms with Gasteiger partial charge in [-0.25, -0.2) is 4.98 Å². The van der Waals surface area contributed by atoms with Crippen molar-refractivity contribution in [3.05, 3.63) is 42.0 Å². The van der Waals surface area contributed by atoms with Crippen LogP contribution in [0.25, 0.3) is 22.2 Å². The van der Waals surface area contributed by atoms with E-state index >= 15 is 0 Å². The molecule has 3 aromatic rings. The number of rotatable bonds is 1. The predicted molar refractivity (Wildman–Crippen MR) is 67.3 cm³/mol. The number of fused-ring (bicyclic) bond motifs is 1. The van der Waals surface area contributed by atoms with E-state index in [4.69, 9.17) is 5.73 Å². The van der Waals surface area contributed by atoms with Gasteiger partial charge in [-0.1, -0.05) is 12.1 Å². The van der Waals surface area contributed by atoms with Crippen LogP contribution in [0.3, 0.4) is 0 Å². The van der Waals surface area contributed by atoms with Crippen molar-refractivity contribution in [2.75, 3.05) is 5.73 Å². The monoisotopic (exact) mass is 227 g/mol. The first-order valence-electron chi connectivity index (χ1n) is 4.89. The first kappa shape index (κ1) is 9.30. The zero-order valence-corrected chi connectivity index (χ0v) is 9.24. The van der Waals surface area contributed by atoms with Gasteiger partial charge in [0.2, 0.25) is 0 Å². The third kappa shape index (κ3) is 1.44. The van der Waals surface area contributed by atoms with E-state index in [2.05, 4.69) is 16.0 Å². The molecule has 0 aliphatic heterocycles. The molecule has 78 valence electrons. The Kier molecular flexibility index (Phi) is 2.08. The average molecular weight is 227 g/mol. The van der Waals surface area contributed by atoms with Gasteiger partial charge in [0.1, 0.15) is 10.7 Å². The third-order valence-electron chi connectivity index (χ3n) is 2.47. The lowest BCUT2D eigenvalue weighted by molar-refractivity contribution is 1.39. The molecule has 0 bridgehead atoms. The van der Waals surface area contributed by atoms with Gasteiger partial charge in [0.05, 0.1) is 11.0 Å². The van der Waals surface area contributed by atoms with Gasteiger partial charge in [0.25, 0.3) is 0 Å². The number of nitrogen functional groups attached to an aromatic ring is 1. The lowest BCUT2D eigenvalue weighted by atomic mass is 10.1. The van der Waals surface area contributed by atoms with Crippen LogP contribution in [0, 0.1) is 0 Å². The van der Waals surface area contributed by atoms with Crippen LogP contribution in [-0.4, -0.2) is 9.97 Å². The summed E-state index contributed by atoms with van der Waals surface area (Å²) in [5.41, 5.74) is 10.5. The standard InChI is InChI=1S/C12H9N3S/c13-12-11(15-7-16-12)9-3-4-10-8(6-9)2-1-5-14-10/h1-7H,13H2. The predicted octanol–water partition coefficient (Wildman–Crippen LogP) is 2.94. The van der Waals surface area contributed by atoms with Crippen molar-refractivity contribution in [1.29, 1.82) is 0 Å². The van der Waals surface area contributed by atoms with E-state index < -0.39 is 0 Å². The Morgan fingerprint density at radius 1 is 1.12 bits per heavy atom. The van der Waals surface area contributed by atoms with Gasteiger partial charge in [0, 0.05) is 17.1 Å². The minimum Gasteiger partial charge on any atom is -0.389 e. The summed E-state index contributed by atoms with van der Waals surface area (Å²) in [4.78, 5) is 8.54. The number of pyridine rings is 1. The molecule has 2 aromatic heterocycles. The fourth-order valence-electron chi connectivity index (χ4n) is 1.69. The van der Waals surface area contributed by atoms with Crippen LogP contribution < -0.4 is 5.73 Å². The summed E-state index contributed by atoms with van der Waals surface area (Å²) >= 11 is 1.46. The number of benzene rings is 1. The van der Waals surface area contributed by atoms with Crippen LogP contribution in [0.4, 0.5) is 5.00 Å². The molecule has 0 unspecified atom stereocenters. The first-order valence-corrected chi connectivity index (χ1v) is 5.77. The summed E-state index contributed by atoms with van der Waals surface area (Å²) in [6.07, 6.45) is 1.79. The van der Waals surface area contributed by atoms with Gasteiger partial charge in [0.15, 0.2) is 0 Å². The van der Waals surface area contributed by atoms with Gasteiger partial charge >= 0.3 is 0 Å². The topological polar surface area (TPSA) is 51.8 Å². The molecule has 1 aromatic carbocycles. The molecule has 0 aliphatic rings. The maximum absolute atomic E-state index is 5.86. The van der Waals surface area contributed by atoms with Gasteiger partial charge in [-0.05, 0) is 18.2 Å². The van der Waals surface area contributed by atoms with E-state index in [0.29, 0.717) is 0 Å². The molecule has 0 aliphatic carbocycles. The third-order valence-corrected chi connectivity index (χ3v) is 3.13. The van der Waals surface area contributed by atoms with Crippen molar-refractivity contribution in [3.63, 3.8) is 0 Å². The highest BCUT2D eigenvalue weighted by Crippen LogP contribution is 2.29. The number of anilines is 1. The number of nitrogens with zero attached hydrogens (tertiary/aromatic N) is 2. The number of hydrogen-bond donors (Lipinski definition) is 1. The van der Waals surface area contributed by atoms with Gasteiger partial charge in [-0.2, -0.15) is 0 Å². The second-order valence-electron chi connectivity index (χ2n) is 3.48. The first-order chi connectivity index (χ1) is 7.84. The van der Waals surface area contributed by atoms with Crippen molar-refractivity contribution >= 4 is 27.2 Å². The summed E-state index contributed by atoms with van der Waals surface area (Å²) in [5, 5.41) is 1.86. The van der Waals surface area contributed by atoms with E-state index in [1.54, 1.807) is 11.7 Å². The van der Waals surface area contributed by atoms with Gasteiger partial charge in [-0.3, -0.25) is 4.98 Å². The molecule has 0 atom stereocenters. The summed E-state index contributed by atoms with van der Waals surface area (Å²) < 4.78 is 0. The molecule has 0 spiro atoms. The number of nitrogens with two attached hydrogens (primary N) is 1. The minimum absolute atomic E-state index is 0.753. The molecule has 0 saturated heterocycles. The quantitative estimate of drug-likeness (QED) is 0.695. The average Bonchev–Trinajstić information content (AvgIpc) is 2.75. The molecule has 0 radical (unpaired) electrons. The van der Waals surface area contributed by atoms with E-state index in [0.717, 1.165) is 27.2 Å². The Hall–Kier alpha value is -1.94. The Bertz CT molecular complexity index is 645. The second-order valence-corrected chi connectivity index (χ2v) is 4.36. The molecule has 3 nitrogen and oxygen atoms in total. The second kappa shape index (κ2) is 3.57. The highest BCUT2D eigenvalue weighted by Gasteiger charge is 2.06. The van der Waals surface area contributed by atoms with Gasteiger partial charge < -0.3 is 5.73 Å². The number of thiazole rings is 1. The van der Waals surface area contributed by atoms with E-state index in [1.165, 1.54) is 11.3 Å².